The van der Waals surface area contributed by atoms with E-state index in [4.69, 9.17) is 10.5 Å². The fourth-order valence-corrected chi connectivity index (χ4v) is 4.18. The monoisotopic (exact) mass is 336 g/mol. The van der Waals surface area contributed by atoms with Gasteiger partial charge in [0.1, 0.15) is 0 Å². The van der Waals surface area contributed by atoms with Crippen LogP contribution in [0.3, 0.4) is 0 Å². The molecule has 23 heavy (non-hydrogen) atoms. The number of nitrogens with two attached hydrogens (primary N) is 1. The molecule has 1 saturated heterocycles. The van der Waals surface area contributed by atoms with Gasteiger partial charge in [-0.15, -0.1) is 0 Å². The lowest BCUT2D eigenvalue weighted by Gasteiger charge is -2.26. The Morgan fingerprint density at radius 3 is 2.61 bits per heavy atom. The second-order valence-electron chi connectivity index (χ2n) is 6.29. The molecule has 0 radical (unpaired) electrons. The van der Waals surface area contributed by atoms with Crippen molar-refractivity contribution < 1.29 is 13.2 Å². The number of hydrogen-bond acceptors (Lipinski definition) is 4. The Bertz CT molecular complexity index is 688. The Morgan fingerprint density at radius 1 is 1.30 bits per heavy atom. The summed E-state index contributed by atoms with van der Waals surface area (Å²) in [6.45, 7) is 3.63. The Kier molecular flexibility index (Phi) is 4.87. The van der Waals surface area contributed by atoms with Crippen LogP contribution in [0.1, 0.15) is 36.9 Å². The van der Waals surface area contributed by atoms with E-state index < -0.39 is 10.0 Å². The van der Waals surface area contributed by atoms with E-state index in [-0.39, 0.29) is 6.04 Å². The molecule has 0 unspecified atom stereocenters. The van der Waals surface area contributed by atoms with Gasteiger partial charge in [0.15, 0.2) is 0 Å². The first kappa shape index (κ1) is 16.6. The molecule has 1 aliphatic heterocycles. The molecule has 126 valence electrons. The molecular formula is C17H24N2O3S. The third-order valence-electron chi connectivity index (χ3n) is 4.33. The topological polar surface area (TPSA) is 72.6 Å². The van der Waals surface area contributed by atoms with Crippen LogP contribution in [0.5, 0.6) is 0 Å². The van der Waals surface area contributed by atoms with Gasteiger partial charge in [0.2, 0.25) is 10.0 Å². The van der Waals surface area contributed by atoms with E-state index in [9.17, 15) is 8.42 Å². The number of morpholine rings is 1. The van der Waals surface area contributed by atoms with Crippen molar-refractivity contribution >= 4 is 16.1 Å². The van der Waals surface area contributed by atoms with Gasteiger partial charge >= 0.3 is 0 Å². The van der Waals surface area contributed by atoms with Gasteiger partial charge in [-0.3, -0.25) is 0 Å². The molecule has 2 aliphatic rings. The van der Waals surface area contributed by atoms with Gasteiger partial charge in [-0.2, -0.15) is 4.31 Å². The SMILES string of the molecule is C[C@H](N)c1ccc(S(=O)(=O)N2CCOCC2)cc1/C=C/C1CC1. The molecule has 2 N–H and O–H groups in total. The van der Waals surface area contributed by atoms with Crippen molar-refractivity contribution in [3.05, 3.63) is 35.4 Å². The number of nitrogens with zero attached hydrogens (tertiary/aromatic N) is 1. The number of allylic oxidation sites excluding steroid dienone is 1. The van der Waals surface area contributed by atoms with Crippen molar-refractivity contribution in [2.75, 3.05) is 26.3 Å². The van der Waals surface area contributed by atoms with E-state index in [2.05, 4.69) is 6.08 Å². The highest BCUT2D eigenvalue weighted by Gasteiger charge is 2.27. The second-order valence-corrected chi connectivity index (χ2v) is 8.23. The zero-order valence-electron chi connectivity index (χ0n) is 13.4. The summed E-state index contributed by atoms with van der Waals surface area (Å²) in [6, 6.07) is 5.12. The Labute approximate surface area is 138 Å². The van der Waals surface area contributed by atoms with Crippen molar-refractivity contribution in [1.29, 1.82) is 0 Å². The standard InChI is InChI=1S/C17H24N2O3S/c1-13(18)17-7-6-16(12-15(17)5-4-14-2-3-14)23(20,21)19-8-10-22-11-9-19/h4-7,12-14H,2-3,8-11,18H2,1H3/b5-4+/t13-/m0/s1. The molecule has 5 nitrogen and oxygen atoms in total. The lowest BCUT2D eigenvalue weighted by Crippen LogP contribution is -2.40. The van der Waals surface area contributed by atoms with E-state index in [1.807, 2.05) is 19.1 Å². The molecule has 6 heteroatoms. The molecule has 3 rings (SSSR count). The maximum Gasteiger partial charge on any atom is 0.243 e. The Hall–Kier alpha value is -1.21. The quantitative estimate of drug-likeness (QED) is 0.894. The summed E-state index contributed by atoms with van der Waals surface area (Å²) in [4.78, 5) is 0.333. The summed E-state index contributed by atoms with van der Waals surface area (Å²) in [6.07, 6.45) is 6.62. The molecule has 1 aromatic rings. The minimum absolute atomic E-state index is 0.131. The van der Waals surface area contributed by atoms with Crippen molar-refractivity contribution in [3.63, 3.8) is 0 Å². The first-order valence-electron chi connectivity index (χ1n) is 8.14. The van der Waals surface area contributed by atoms with Gasteiger partial charge in [0.05, 0.1) is 18.1 Å². The summed E-state index contributed by atoms with van der Waals surface area (Å²) in [7, 11) is -3.47. The fourth-order valence-electron chi connectivity index (χ4n) is 2.74. The number of rotatable bonds is 5. The van der Waals surface area contributed by atoms with Crippen molar-refractivity contribution in [2.24, 2.45) is 11.7 Å². The van der Waals surface area contributed by atoms with E-state index in [0.717, 1.165) is 11.1 Å². The van der Waals surface area contributed by atoms with E-state index in [1.165, 1.54) is 17.1 Å². The third-order valence-corrected chi connectivity index (χ3v) is 6.22. The van der Waals surface area contributed by atoms with Gasteiger partial charge < -0.3 is 10.5 Å². The van der Waals surface area contributed by atoms with Crippen LogP contribution in [0.4, 0.5) is 0 Å². The lowest BCUT2D eigenvalue weighted by molar-refractivity contribution is 0.0730. The molecule has 1 aliphatic carbocycles. The molecule has 0 aromatic heterocycles. The van der Waals surface area contributed by atoms with Crippen LogP contribution < -0.4 is 5.73 Å². The van der Waals surface area contributed by atoms with Crippen LogP contribution in [0.15, 0.2) is 29.2 Å². The normalized spacial score (nSPS) is 21.7. The highest BCUT2D eigenvalue weighted by Crippen LogP contribution is 2.32. The predicted octanol–water partition coefficient (Wildman–Crippen LogP) is 2.15. The summed E-state index contributed by atoms with van der Waals surface area (Å²) in [5.41, 5.74) is 7.91. The summed E-state index contributed by atoms with van der Waals surface area (Å²) in [5, 5.41) is 0. The van der Waals surface area contributed by atoms with Gasteiger partial charge in [0.25, 0.3) is 0 Å². The average Bonchev–Trinajstić information content (AvgIpc) is 3.37. The van der Waals surface area contributed by atoms with Gasteiger partial charge in [-0.1, -0.05) is 18.2 Å². The van der Waals surface area contributed by atoms with Gasteiger partial charge in [-0.25, -0.2) is 8.42 Å². The average molecular weight is 336 g/mol. The van der Waals surface area contributed by atoms with Crippen LogP contribution >= 0.6 is 0 Å². The van der Waals surface area contributed by atoms with Crippen LogP contribution in [-0.4, -0.2) is 39.0 Å². The van der Waals surface area contributed by atoms with Crippen LogP contribution in [-0.2, 0) is 14.8 Å². The van der Waals surface area contributed by atoms with E-state index in [1.54, 1.807) is 12.1 Å². The number of sulfonamides is 1. The number of hydrogen-bond donors (Lipinski definition) is 1. The minimum atomic E-state index is -3.47. The van der Waals surface area contributed by atoms with Crippen LogP contribution in [0.25, 0.3) is 6.08 Å². The first-order chi connectivity index (χ1) is 11.0. The maximum absolute atomic E-state index is 12.8. The molecule has 2 fully saturated rings. The zero-order valence-corrected chi connectivity index (χ0v) is 14.3. The maximum atomic E-state index is 12.8. The van der Waals surface area contributed by atoms with Crippen LogP contribution in [0.2, 0.25) is 0 Å². The fraction of sp³-hybridized carbons (Fsp3) is 0.529. The summed E-state index contributed by atoms with van der Waals surface area (Å²) in [5.74, 6) is 0.635. The Morgan fingerprint density at radius 2 is 2.00 bits per heavy atom. The number of ether oxygens (including phenoxy) is 1. The molecule has 1 heterocycles. The molecule has 0 spiro atoms. The summed E-state index contributed by atoms with van der Waals surface area (Å²) >= 11 is 0. The third kappa shape index (κ3) is 3.83. The first-order valence-corrected chi connectivity index (χ1v) is 9.58. The van der Waals surface area contributed by atoms with Crippen molar-refractivity contribution in [1.82, 2.24) is 4.31 Å². The highest BCUT2D eigenvalue weighted by molar-refractivity contribution is 7.89. The minimum Gasteiger partial charge on any atom is -0.379 e. The molecule has 0 amide bonds. The van der Waals surface area contributed by atoms with Crippen LogP contribution in [0, 0.1) is 5.92 Å². The smallest absolute Gasteiger partial charge is 0.243 e. The molecular weight excluding hydrogens is 312 g/mol. The second kappa shape index (κ2) is 6.73. The Balaban J connectivity index is 1.94. The zero-order chi connectivity index (χ0) is 16.4. The lowest BCUT2D eigenvalue weighted by atomic mass is 10.0. The van der Waals surface area contributed by atoms with Crippen molar-refractivity contribution in [2.45, 2.75) is 30.7 Å². The molecule has 0 bridgehead atoms. The molecule has 1 atom stereocenters. The molecule has 1 aromatic carbocycles. The largest absolute Gasteiger partial charge is 0.379 e. The van der Waals surface area contributed by atoms with Gasteiger partial charge in [0, 0.05) is 19.1 Å². The highest BCUT2D eigenvalue weighted by atomic mass is 32.2. The predicted molar refractivity (Wildman–Crippen MR) is 90.4 cm³/mol. The van der Waals surface area contributed by atoms with E-state index in [0.29, 0.717) is 37.1 Å². The number of benzene rings is 1. The summed E-state index contributed by atoms with van der Waals surface area (Å²) < 4.78 is 32.3. The van der Waals surface area contributed by atoms with E-state index >= 15 is 0 Å². The van der Waals surface area contributed by atoms with Gasteiger partial charge in [-0.05, 0) is 48.9 Å². The van der Waals surface area contributed by atoms with Crippen molar-refractivity contribution in [3.8, 4) is 0 Å². The molecule has 1 saturated carbocycles.